The summed E-state index contributed by atoms with van der Waals surface area (Å²) in [7, 11) is 0. The van der Waals surface area contributed by atoms with Gasteiger partial charge in [-0.25, -0.2) is 0 Å². The van der Waals surface area contributed by atoms with Gasteiger partial charge in [0.25, 0.3) is 0 Å². The molecule has 3 N–H and O–H groups in total. The number of unbranched alkanes of at least 4 members (excludes halogenated alkanes) is 1. The van der Waals surface area contributed by atoms with Crippen molar-refractivity contribution in [1.29, 1.82) is 0 Å². The van der Waals surface area contributed by atoms with Crippen LogP contribution in [-0.4, -0.2) is 35.7 Å². The lowest BCUT2D eigenvalue weighted by atomic mass is 10.1. The van der Waals surface area contributed by atoms with Crippen LogP contribution in [0.5, 0.6) is 0 Å². The maximum Gasteiger partial charge on any atom is 0.191 e. The number of rotatable bonds is 9. The number of aromatic nitrogens is 1. The van der Waals surface area contributed by atoms with E-state index in [9.17, 15) is 5.11 Å². The molecule has 0 radical (unpaired) electrons. The number of pyridine rings is 1. The lowest BCUT2D eigenvalue weighted by Crippen LogP contribution is -2.39. The van der Waals surface area contributed by atoms with Gasteiger partial charge in [0.2, 0.25) is 0 Å². The molecule has 6 heteroatoms. The molecule has 1 atom stereocenters. The van der Waals surface area contributed by atoms with Gasteiger partial charge in [0.1, 0.15) is 5.76 Å². The van der Waals surface area contributed by atoms with Crippen molar-refractivity contribution in [1.82, 2.24) is 15.6 Å². The SMILES string of the molecule is CCCCNC(=NCC(O)c1ccncc1)NCCc1ccco1. The highest BCUT2D eigenvalue weighted by atomic mass is 16.3. The lowest BCUT2D eigenvalue weighted by molar-refractivity contribution is 0.187. The number of hydrogen-bond acceptors (Lipinski definition) is 4. The molecule has 0 aliphatic rings. The molecule has 0 aliphatic carbocycles. The Labute approximate surface area is 143 Å². The van der Waals surface area contributed by atoms with Crippen molar-refractivity contribution in [3.8, 4) is 0 Å². The van der Waals surface area contributed by atoms with Crippen LogP contribution in [0.1, 0.15) is 37.2 Å². The highest BCUT2D eigenvalue weighted by Gasteiger charge is 2.07. The third-order valence-electron chi connectivity index (χ3n) is 3.58. The Hall–Kier alpha value is -2.34. The second-order valence-corrected chi connectivity index (χ2v) is 5.52. The van der Waals surface area contributed by atoms with E-state index in [4.69, 9.17) is 4.42 Å². The van der Waals surface area contributed by atoms with Crippen molar-refractivity contribution in [3.63, 3.8) is 0 Å². The third-order valence-corrected chi connectivity index (χ3v) is 3.58. The molecule has 0 saturated heterocycles. The molecule has 0 amide bonds. The second-order valence-electron chi connectivity index (χ2n) is 5.52. The third kappa shape index (κ3) is 6.42. The fraction of sp³-hybridized carbons (Fsp3) is 0.444. The summed E-state index contributed by atoms with van der Waals surface area (Å²) in [4.78, 5) is 8.44. The zero-order chi connectivity index (χ0) is 17.0. The average molecular weight is 330 g/mol. The Balaban J connectivity index is 1.85. The van der Waals surface area contributed by atoms with Gasteiger partial charge in [-0.3, -0.25) is 9.98 Å². The van der Waals surface area contributed by atoms with E-state index in [2.05, 4.69) is 27.5 Å². The highest BCUT2D eigenvalue weighted by molar-refractivity contribution is 5.79. The number of guanidine groups is 1. The van der Waals surface area contributed by atoms with Gasteiger partial charge >= 0.3 is 0 Å². The maximum atomic E-state index is 10.2. The molecular formula is C18H26N4O2. The van der Waals surface area contributed by atoms with Crippen LogP contribution in [0.3, 0.4) is 0 Å². The van der Waals surface area contributed by atoms with Crippen molar-refractivity contribution in [2.45, 2.75) is 32.3 Å². The maximum absolute atomic E-state index is 10.2. The molecule has 6 nitrogen and oxygen atoms in total. The first-order chi connectivity index (χ1) is 11.8. The Morgan fingerprint density at radius 2 is 2.04 bits per heavy atom. The van der Waals surface area contributed by atoms with E-state index in [-0.39, 0.29) is 0 Å². The first kappa shape index (κ1) is 18.0. The largest absolute Gasteiger partial charge is 0.469 e. The van der Waals surface area contributed by atoms with Gasteiger partial charge in [-0.1, -0.05) is 13.3 Å². The van der Waals surface area contributed by atoms with Gasteiger partial charge < -0.3 is 20.2 Å². The monoisotopic (exact) mass is 330 g/mol. The number of aliphatic imine (C=N–C) groups is 1. The normalized spacial score (nSPS) is 12.8. The number of nitrogens with one attached hydrogen (secondary N) is 2. The summed E-state index contributed by atoms with van der Waals surface area (Å²) >= 11 is 0. The predicted molar refractivity (Wildman–Crippen MR) is 94.8 cm³/mol. The van der Waals surface area contributed by atoms with Gasteiger partial charge in [0.05, 0.1) is 18.9 Å². The molecule has 0 aliphatic heterocycles. The smallest absolute Gasteiger partial charge is 0.191 e. The predicted octanol–water partition coefficient (Wildman–Crippen LogP) is 2.29. The summed E-state index contributed by atoms with van der Waals surface area (Å²) < 4.78 is 5.32. The summed E-state index contributed by atoms with van der Waals surface area (Å²) in [6.07, 6.45) is 7.36. The van der Waals surface area contributed by atoms with Gasteiger partial charge in [-0.15, -0.1) is 0 Å². The summed E-state index contributed by atoms with van der Waals surface area (Å²) in [5.74, 6) is 1.65. The summed E-state index contributed by atoms with van der Waals surface area (Å²) in [5.41, 5.74) is 0.817. The minimum atomic E-state index is -0.636. The van der Waals surface area contributed by atoms with Crippen molar-refractivity contribution in [2.24, 2.45) is 4.99 Å². The van der Waals surface area contributed by atoms with E-state index in [0.29, 0.717) is 12.5 Å². The molecule has 0 fully saturated rings. The van der Waals surface area contributed by atoms with E-state index in [1.807, 2.05) is 12.1 Å². The lowest BCUT2D eigenvalue weighted by Gasteiger charge is -2.14. The molecule has 2 aromatic rings. The standard InChI is InChI=1S/C18H26N4O2/c1-2-3-9-20-18(21-12-8-16-5-4-13-24-16)22-14-17(23)15-6-10-19-11-7-15/h4-7,10-11,13,17,23H,2-3,8-9,12,14H2,1H3,(H2,20,21,22). The zero-order valence-corrected chi connectivity index (χ0v) is 14.1. The first-order valence-electron chi connectivity index (χ1n) is 8.42. The molecule has 1 unspecified atom stereocenters. The fourth-order valence-corrected chi connectivity index (χ4v) is 2.19. The summed E-state index contributed by atoms with van der Waals surface area (Å²) in [6.45, 7) is 4.02. The molecule has 2 aromatic heterocycles. The van der Waals surface area contributed by atoms with Crippen molar-refractivity contribution in [2.75, 3.05) is 19.6 Å². The molecule has 130 valence electrons. The number of hydrogen-bond donors (Lipinski definition) is 3. The van der Waals surface area contributed by atoms with E-state index < -0.39 is 6.10 Å². The molecule has 2 heterocycles. The van der Waals surface area contributed by atoms with Crippen LogP contribution in [0.15, 0.2) is 52.3 Å². The van der Waals surface area contributed by atoms with Crippen molar-refractivity contribution in [3.05, 3.63) is 54.2 Å². The molecule has 0 aromatic carbocycles. The minimum absolute atomic E-state index is 0.298. The number of aliphatic hydroxyl groups excluding tert-OH is 1. The van der Waals surface area contributed by atoms with Gasteiger partial charge in [-0.05, 0) is 36.2 Å². The second kappa shape index (κ2) is 10.4. The Morgan fingerprint density at radius 3 is 2.75 bits per heavy atom. The Kier molecular flexibility index (Phi) is 7.83. The van der Waals surface area contributed by atoms with Crippen LogP contribution < -0.4 is 10.6 Å². The average Bonchev–Trinajstić information content (AvgIpc) is 3.13. The van der Waals surface area contributed by atoms with Crippen LogP contribution in [-0.2, 0) is 6.42 Å². The van der Waals surface area contributed by atoms with E-state index in [0.717, 1.165) is 43.7 Å². The zero-order valence-electron chi connectivity index (χ0n) is 14.1. The van der Waals surface area contributed by atoms with Crippen LogP contribution in [0.25, 0.3) is 0 Å². The summed E-state index contributed by atoms with van der Waals surface area (Å²) in [6, 6.07) is 7.44. The Morgan fingerprint density at radius 1 is 1.25 bits per heavy atom. The highest BCUT2D eigenvalue weighted by Crippen LogP contribution is 2.10. The van der Waals surface area contributed by atoms with Crippen molar-refractivity contribution < 1.29 is 9.52 Å². The van der Waals surface area contributed by atoms with Crippen LogP contribution >= 0.6 is 0 Å². The van der Waals surface area contributed by atoms with Crippen LogP contribution in [0.4, 0.5) is 0 Å². The molecule has 2 rings (SSSR count). The molecule has 0 spiro atoms. The first-order valence-corrected chi connectivity index (χ1v) is 8.42. The molecule has 24 heavy (non-hydrogen) atoms. The topological polar surface area (TPSA) is 82.7 Å². The molecular weight excluding hydrogens is 304 g/mol. The van der Waals surface area contributed by atoms with E-state index in [1.165, 1.54) is 0 Å². The van der Waals surface area contributed by atoms with Crippen molar-refractivity contribution >= 4 is 5.96 Å². The molecule has 0 bridgehead atoms. The fourth-order valence-electron chi connectivity index (χ4n) is 2.19. The van der Waals surface area contributed by atoms with E-state index in [1.54, 1.807) is 30.8 Å². The van der Waals surface area contributed by atoms with Gasteiger partial charge in [0.15, 0.2) is 5.96 Å². The van der Waals surface area contributed by atoms with E-state index >= 15 is 0 Å². The van der Waals surface area contributed by atoms with Gasteiger partial charge in [-0.2, -0.15) is 0 Å². The van der Waals surface area contributed by atoms with Crippen LogP contribution in [0.2, 0.25) is 0 Å². The number of aliphatic hydroxyl groups is 1. The number of furan rings is 1. The summed E-state index contributed by atoms with van der Waals surface area (Å²) in [5, 5.41) is 16.8. The molecule has 0 saturated carbocycles. The Bertz CT molecular complexity index is 584. The number of nitrogens with zero attached hydrogens (tertiary/aromatic N) is 2. The van der Waals surface area contributed by atoms with Crippen LogP contribution in [0, 0.1) is 0 Å². The van der Waals surface area contributed by atoms with Gasteiger partial charge in [0, 0.05) is 31.9 Å². The minimum Gasteiger partial charge on any atom is -0.469 e. The quantitative estimate of drug-likeness (QED) is 0.373.